The number of nitrogens with one attached hydrogen (secondary N) is 1. The third kappa shape index (κ3) is 3.03. The summed E-state index contributed by atoms with van der Waals surface area (Å²) in [5, 5.41) is 3.46. The molecule has 0 fully saturated rings. The zero-order valence-electron chi connectivity index (χ0n) is 10.2. The van der Waals surface area contributed by atoms with E-state index in [2.05, 4.69) is 82.9 Å². The Labute approximate surface area is 116 Å². The maximum Gasteiger partial charge on any atom is 0.0553 e. The van der Waals surface area contributed by atoms with Crippen LogP contribution in [0.25, 0.3) is 0 Å². The van der Waals surface area contributed by atoms with Crippen molar-refractivity contribution in [3.63, 3.8) is 0 Å². The van der Waals surface area contributed by atoms with Crippen molar-refractivity contribution < 1.29 is 0 Å². The van der Waals surface area contributed by atoms with E-state index >= 15 is 0 Å². The molecule has 0 unspecified atom stereocenters. The molecule has 2 rings (SSSR count). The Morgan fingerprint density at radius 1 is 1.29 bits per heavy atom. The van der Waals surface area contributed by atoms with Gasteiger partial charge in [-0.1, -0.05) is 6.07 Å². The fourth-order valence-corrected chi connectivity index (χ4v) is 2.33. The van der Waals surface area contributed by atoms with Crippen LogP contribution in [-0.4, -0.2) is 4.57 Å². The van der Waals surface area contributed by atoms with Gasteiger partial charge in [0.25, 0.3) is 0 Å². The molecule has 90 valence electrons. The topological polar surface area (TPSA) is 17.0 Å². The van der Waals surface area contributed by atoms with E-state index in [1.165, 1.54) is 20.5 Å². The Bertz CT molecular complexity index is 503. The lowest BCUT2D eigenvalue weighted by Gasteiger charge is -2.10. The molecule has 0 aliphatic heterocycles. The second-order valence-corrected chi connectivity index (χ2v) is 5.27. The van der Waals surface area contributed by atoms with E-state index < -0.39 is 0 Å². The molecular weight excluding hydrogens is 323 g/mol. The molecule has 0 saturated heterocycles. The summed E-state index contributed by atoms with van der Waals surface area (Å²) < 4.78 is 3.56. The molecule has 0 amide bonds. The monoisotopic (exact) mass is 340 g/mol. The van der Waals surface area contributed by atoms with Gasteiger partial charge in [0.15, 0.2) is 0 Å². The minimum Gasteiger partial charge on any atom is -0.379 e. The van der Waals surface area contributed by atoms with Crippen molar-refractivity contribution in [1.82, 2.24) is 4.57 Å². The van der Waals surface area contributed by atoms with Crippen LogP contribution in [0.4, 0.5) is 5.69 Å². The largest absolute Gasteiger partial charge is 0.379 e. The maximum atomic E-state index is 3.46. The molecule has 2 nitrogen and oxygen atoms in total. The van der Waals surface area contributed by atoms with E-state index in [4.69, 9.17) is 0 Å². The van der Waals surface area contributed by atoms with Crippen LogP contribution in [0.2, 0.25) is 0 Å². The van der Waals surface area contributed by atoms with Crippen molar-refractivity contribution in [2.45, 2.75) is 26.9 Å². The zero-order valence-corrected chi connectivity index (χ0v) is 12.4. The van der Waals surface area contributed by atoms with Gasteiger partial charge in [-0.05, 0) is 66.3 Å². The van der Waals surface area contributed by atoms with Gasteiger partial charge < -0.3 is 9.88 Å². The number of hydrogen-bond donors (Lipinski definition) is 1. The van der Waals surface area contributed by atoms with Crippen molar-refractivity contribution >= 4 is 28.3 Å². The number of anilines is 1. The molecule has 1 heterocycles. The molecule has 1 aromatic carbocycles. The van der Waals surface area contributed by atoms with Crippen LogP contribution in [-0.2, 0) is 13.1 Å². The lowest BCUT2D eigenvalue weighted by molar-refractivity contribution is 0.724. The van der Waals surface area contributed by atoms with Crippen molar-refractivity contribution in [3.8, 4) is 0 Å². The van der Waals surface area contributed by atoms with Crippen LogP contribution < -0.4 is 5.32 Å². The number of rotatable bonds is 4. The molecule has 17 heavy (non-hydrogen) atoms. The molecule has 0 aliphatic carbocycles. The molecule has 1 N–H and O–H groups in total. The van der Waals surface area contributed by atoms with Crippen LogP contribution in [0.1, 0.15) is 18.2 Å². The highest BCUT2D eigenvalue weighted by molar-refractivity contribution is 14.1. The van der Waals surface area contributed by atoms with E-state index in [0.29, 0.717) is 0 Å². The first-order chi connectivity index (χ1) is 8.20. The molecule has 2 aromatic rings. The molecule has 3 heteroatoms. The summed E-state index contributed by atoms with van der Waals surface area (Å²) in [7, 11) is 0. The fraction of sp³-hybridized carbons (Fsp3) is 0.286. The van der Waals surface area contributed by atoms with E-state index in [1.807, 2.05) is 0 Å². The van der Waals surface area contributed by atoms with Crippen LogP contribution in [0.5, 0.6) is 0 Å². The number of nitrogens with zero attached hydrogens (tertiary/aromatic N) is 1. The average molecular weight is 340 g/mol. The average Bonchev–Trinajstić information content (AvgIpc) is 2.78. The second kappa shape index (κ2) is 5.58. The van der Waals surface area contributed by atoms with Crippen LogP contribution in [0.3, 0.4) is 0 Å². The normalized spacial score (nSPS) is 10.5. The Kier molecular flexibility index (Phi) is 4.10. The fourth-order valence-electron chi connectivity index (χ4n) is 1.81. The Morgan fingerprint density at radius 2 is 2.12 bits per heavy atom. The summed E-state index contributed by atoms with van der Waals surface area (Å²) in [6, 6.07) is 10.7. The summed E-state index contributed by atoms with van der Waals surface area (Å²) in [6.45, 7) is 6.20. The maximum absolute atomic E-state index is 3.46. The summed E-state index contributed by atoms with van der Waals surface area (Å²) >= 11 is 2.37. The summed E-state index contributed by atoms with van der Waals surface area (Å²) in [6.07, 6.45) is 2.12. The molecule has 0 radical (unpaired) electrons. The van der Waals surface area contributed by atoms with E-state index in [9.17, 15) is 0 Å². The SMILES string of the molecule is CCn1cccc1CNc1ccc(C)c(I)c1. The third-order valence-electron chi connectivity index (χ3n) is 2.91. The molecule has 0 spiro atoms. The van der Waals surface area contributed by atoms with Crippen molar-refractivity contribution in [3.05, 3.63) is 51.4 Å². The van der Waals surface area contributed by atoms with Gasteiger partial charge in [-0.3, -0.25) is 0 Å². The summed E-state index contributed by atoms with van der Waals surface area (Å²) in [5.74, 6) is 0. The Morgan fingerprint density at radius 3 is 2.82 bits per heavy atom. The number of halogens is 1. The Hall–Kier alpha value is -0.970. The van der Waals surface area contributed by atoms with Gasteiger partial charge in [0.1, 0.15) is 0 Å². The van der Waals surface area contributed by atoms with Crippen molar-refractivity contribution in [2.24, 2.45) is 0 Å². The lowest BCUT2D eigenvalue weighted by Crippen LogP contribution is -2.06. The quantitative estimate of drug-likeness (QED) is 0.832. The summed E-state index contributed by atoms with van der Waals surface area (Å²) in [4.78, 5) is 0. The van der Waals surface area contributed by atoms with Crippen molar-refractivity contribution in [2.75, 3.05) is 5.32 Å². The minimum absolute atomic E-state index is 0.875. The van der Waals surface area contributed by atoms with Gasteiger partial charge in [0, 0.05) is 27.7 Å². The predicted molar refractivity (Wildman–Crippen MR) is 81.3 cm³/mol. The van der Waals surface area contributed by atoms with Crippen LogP contribution in [0, 0.1) is 10.5 Å². The number of aromatic nitrogens is 1. The molecular formula is C14H17IN2. The van der Waals surface area contributed by atoms with Crippen LogP contribution >= 0.6 is 22.6 Å². The van der Waals surface area contributed by atoms with E-state index in [1.54, 1.807) is 0 Å². The molecule has 1 aromatic heterocycles. The minimum atomic E-state index is 0.875. The van der Waals surface area contributed by atoms with Gasteiger partial charge in [-0.2, -0.15) is 0 Å². The first-order valence-electron chi connectivity index (χ1n) is 5.84. The van der Waals surface area contributed by atoms with Gasteiger partial charge >= 0.3 is 0 Å². The first-order valence-corrected chi connectivity index (χ1v) is 6.92. The highest BCUT2D eigenvalue weighted by atomic mass is 127. The third-order valence-corrected chi connectivity index (χ3v) is 4.07. The molecule has 0 bridgehead atoms. The molecule has 0 aliphatic rings. The van der Waals surface area contributed by atoms with Crippen molar-refractivity contribution in [1.29, 1.82) is 0 Å². The Balaban J connectivity index is 2.05. The zero-order chi connectivity index (χ0) is 12.3. The first kappa shape index (κ1) is 12.5. The summed E-state index contributed by atoms with van der Waals surface area (Å²) in [5.41, 5.74) is 3.83. The standard InChI is InChI=1S/C14H17IN2/c1-3-17-8-4-5-13(17)10-16-12-7-6-11(2)14(15)9-12/h4-9,16H,3,10H2,1-2H3. The van der Waals surface area contributed by atoms with Gasteiger partial charge in [0.2, 0.25) is 0 Å². The number of aryl methyl sites for hydroxylation is 2. The molecule has 0 saturated carbocycles. The van der Waals surface area contributed by atoms with E-state index in [0.717, 1.165) is 13.1 Å². The number of hydrogen-bond acceptors (Lipinski definition) is 1. The van der Waals surface area contributed by atoms with E-state index in [-0.39, 0.29) is 0 Å². The number of benzene rings is 1. The highest BCUT2D eigenvalue weighted by Gasteiger charge is 2.00. The lowest BCUT2D eigenvalue weighted by atomic mass is 10.2. The van der Waals surface area contributed by atoms with Crippen LogP contribution in [0.15, 0.2) is 36.5 Å². The van der Waals surface area contributed by atoms with Gasteiger partial charge in [-0.15, -0.1) is 0 Å². The van der Waals surface area contributed by atoms with Gasteiger partial charge in [0.05, 0.1) is 6.54 Å². The highest BCUT2D eigenvalue weighted by Crippen LogP contribution is 2.17. The molecule has 0 atom stereocenters. The smallest absolute Gasteiger partial charge is 0.0553 e. The van der Waals surface area contributed by atoms with Gasteiger partial charge in [-0.25, -0.2) is 0 Å². The predicted octanol–water partition coefficient (Wildman–Crippen LogP) is 4.03. The second-order valence-electron chi connectivity index (χ2n) is 4.10.